The molecule has 9 heteroatoms. The monoisotopic (exact) mass is 390 g/mol. The summed E-state index contributed by atoms with van der Waals surface area (Å²) in [5.74, 6) is -1.76. The Labute approximate surface area is 163 Å². The molecular weight excluding hydrogens is 376 g/mol. The number of rotatable bonds is 4. The molecule has 0 bridgehead atoms. The minimum Gasteiger partial charge on any atom is -0.361 e. The van der Waals surface area contributed by atoms with Crippen molar-refractivity contribution >= 4 is 45.4 Å². The molecule has 138 valence electrons. The molecule has 0 fully saturated rings. The molecule has 2 heterocycles. The highest BCUT2D eigenvalue weighted by Crippen LogP contribution is 2.25. The number of para-hydroxylation sites is 1. The first-order valence-corrected chi connectivity index (χ1v) is 9.12. The lowest BCUT2D eigenvalue weighted by molar-refractivity contribution is -0.136. The van der Waals surface area contributed by atoms with Gasteiger partial charge in [-0.3, -0.25) is 14.9 Å². The first kappa shape index (κ1) is 17.6. The number of carbonyl (C=O) groups excluding carboxylic acids is 2. The molecule has 0 aliphatic rings. The largest absolute Gasteiger partial charge is 0.361 e. The second-order valence-corrected chi connectivity index (χ2v) is 6.70. The van der Waals surface area contributed by atoms with Crippen molar-refractivity contribution in [3.63, 3.8) is 0 Å². The predicted octanol–water partition coefficient (Wildman–Crippen LogP) is 2.78. The third-order valence-electron chi connectivity index (χ3n) is 3.86. The van der Waals surface area contributed by atoms with Gasteiger partial charge in [0.15, 0.2) is 0 Å². The van der Waals surface area contributed by atoms with E-state index in [0.29, 0.717) is 5.01 Å². The molecule has 3 N–H and O–H groups in total. The number of H-pyrrole nitrogens is 1. The van der Waals surface area contributed by atoms with Gasteiger partial charge in [-0.05, 0) is 6.07 Å². The molecule has 0 radical (unpaired) electrons. The van der Waals surface area contributed by atoms with Crippen LogP contribution in [-0.2, 0) is 9.59 Å². The summed E-state index contributed by atoms with van der Waals surface area (Å²) in [5.41, 5.74) is 4.84. The smallest absolute Gasteiger partial charge is 0.329 e. The van der Waals surface area contributed by atoms with Crippen LogP contribution < -0.4 is 10.7 Å². The Kier molecular flexibility index (Phi) is 4.89. The Morgan fingerprint density at radius 2 is 1.79 bits per heavy atom. The summed E-state index contributed by atoms with van der Waals surface area (Å²) in [5, 5.41) is 16.0. The molecule has 0 unspecified atom stereocenters. The lowest BCUT2D eigenvalue weighted by atomic mass is 10.2. The van der Waals surface area contributed by atoms with Gasteiger partial charge in [-0.25, -0.2) is 5.43 Å². The average Bonchev–Trinajstić information content (AvgIpc) is 3.36. The van der Waals surface area contributed by atoms with E-state index in [4.69, 9.17) is 0 Å². The van der Waals surface area contributed by atoms with E-state index in [9.17, 15) is 9.59 Å². The first-order valence-electron chi connectivity index (χ1n) is 8.30. The van der Waals surface area contributed by atoms with Crippen LogP contribution in [0.5, 0.6) is 0 Å². The van der Waals surface area contributed by atoms with Gasteiger partial charge in [-0.2, -0.15) is 5.10 Å². The number of hydrogen-bond donors (Lipinski definition) is 3. The van der Waals surface area contributed by atoms with Crippen LogP contribution in [0.1, 0.15) is 5.56 Å². The van der Waals surface area contributed by atoms with Crippen molar-refractivity contribution in [2.75, 3.05) is 5.32 Å². The van der Waals surface area contributed by atoms with Gasteiger partial charge in [-0.1, -0.05) is 59.9 Å². The topological polar surface area (TPSA) is 112 Å². The summed E-state index contributed by atoms with van der Waals surface area (Å²) in [6, 6.07) is 17.1. The molecule has 28 heavy (non-hydrogen) atoms. The lowest BCUT2D eigenvalue weighted by Crippen LogP contribution is -2.32. The summed E-state index contributed by atoms with van der Waals surface area (Å²) in [7, 11) is 0. The summed E-state index contributed by atoms with van der Waals surface area (Å²) in [4.78, 5) is 27.0. The Morgan fingerprint density at radius 3 is 2.64 bits per heavy atom. The van der Waals surface area contributed by atoms with Crippen LogP contribution >= 0.6 is 11.3 Å². The fraction of sp³-hybridized carbons (Fsp3) is 0. The van der Waals surface area contributed by atoms with Gasteiger partial charge in [0.2, 0.25) is 5.13 Å². The van der Waals surface area contributed by atoms with Crippen molar-refractivity contribution in [3.05, 3.63) is 66.4 Å². The number of hydrogen-bond acceptors (Lipinski definition) is 6. The third kappa shape index (κ3) is 3.79. The number of benzene rings is 2. The van der Waals surface area contributed by atoms with Crippen LogP contribution in [0.15, 0.2) is 65.9 Å². The molecule has 0 saturated carbocycles. The lowest BCUT2D eigenvalue weighted by Gasteiger charge is -1.99. The zero-order valence-corrected chi connectivity index (χ0v) is 15.2. The SMILES string of the molecule is O=C(N/N=C\c1c[nH]c2ccccc12)C(=O)Nc1nnc(-c2ccccc2)s1. The van der Waals surface area contributed by atoms with E-state index in [2.05, 4.69) is 31.0 Å². The summed E-state index contributed by atoms with van der Waals surface area (Å²) in [6.45, 7) is 0. The van der Waals surface area contributed by atoms with Gasteiger partial charge >= 0.3 is 11.8 Å². The second kappa shape index (κ2) is 7.80. The number of nitrogens with zero attached hydrogens (tertiary/aromatic N) is 3. The van der Waals surface area contributed by atoms with Crippen molar-refractivity contribution in [2.45, 2.75) is 0 Å². The maximum Gasteiger partial charge on any atom is 0.329 e. The molecule has 4 rings (SSSR count). The zero-order valence-electron chi connectivity index (χ0n) is 14.4. The van der Waals surface area contributed by atoms with Crippen LogP contribution in [0.4, 0.5) is 5.13 Å². The van der Waals surface area contributed by atoms with E-state index in [0.717, 1.165) is 22.0 Å². The minimum atomic E-state index is -0.896. The molecule has 2 aromatic heterocycles. The molecule has 2 amide bonds. The fourth-order valence-electron chi connectivity index (χ4n) is 2.54. The highest BCUT2D eigenvalue weighted by molar-refractivity contribution is 7.18. The number of fused-ring (bicyclic) bond motifs is 1. The van der Waals surface area contributed by atoms with E-state index >= 15 is 0 Å². The molecule has 0 aliphatic heterocycles. The van der Waals surface area contributed by atoms with E-state index in [-0.39, 0.29) is 5.13 Å². The predicted molar refractivity (Wildman–Crippen MR) is 108 cm³/mol. The number of anilines is 1. The van der Waals surface area contributed by atoms with Gasteiger partial charge in [0.1, 0.15) is 5.01 Å². The van der Waals surface area contributed by atoms with E-state index in [1.807, 2.05) is 54.6 Å². The number of aromatic nitrogens is 3. The van der Waals surface area contributed by atoms with Crippen molar-refractivity contribution < 1.29 is 9.59 Å². The van der Waals surface area contributed by atoms with Gasteiger partial charge in [0.05, 0.1) is 6.21 Å². The molecule has 2 aromatic carbocycles. The minimum absolute atomic E-state index is 0.236. The molecule has 4 aromatic rings. The van der Waals surface area contributed by atoms with Crippen LogP contribution in [0.3, 0.4) is 0 Å². The van der Waals surface area contributed by atoms with Crippen molar-refractivity contribution in [3.8, 4) is 10.6 Å². The van der Waals surface area contributed by atoms with Crippen molar-refractivity contribution in [2.24, 2.45) is 5.10 Å². The number of hydrazone groups is 1. The maximum absolute atomic E-state index is 12.0. The standard InChI is InChI=1S/C19H14N6O2S/c26-16(22-19-25-24-18(28-19)12-6-2-1-3-7-12)17(27)23-21-11-13-10-20-15-9-5-4-8-14(13)15/h1-11,20H,(H,23,27)(H,22,25,26)/b21-11-. The highest BCUT2D eigenvalue weighted by Gasteiger charge is 2.16. The summed E-state index contributed by atoms with van der Waals surface area (Å²) < 4.78 is 0. The normalized spacial score (nSPS) is 11.0. The number of amides is 2. The molecule has 8 nitrogen and oxygen atoms in total. The molecule has 0 saturated heterocycles. The van der Waals surface area contributed by atoms with Crippen LogP contribution in [0.25, 0.3) is 21.5 Å². The number of aromatic amines is 1. The van der Waals surface area contributed by atoms with E-state index < -0.39 is 11.8 Å². The van der Waals surface area contributed by atoms with Gasteiger partial charge in [-0.15, -0.1) is 10.2 Å². The third-order valence-corrected chi connectivity index (χ3v) is 4.75. The fourth-order valence-corrected chi connectivity index (χ4v) is 3.28. The van der Waals surface area contributed by atoms with Crippen molar-refractivity contribution in [1.82, 2.24) is 20.6 Å². The Morgan fingerprint density at radius 1 is 1.00 bits per heavy atom. The highest BCUT2D eigenvalue weighted by atomic mass is 32.1. The number of nitrogens with one attached hydrogen (secondary N) is 3. The second-order valence-electron chi connectivity index (χ2n) is 5.72. The van der Waals surface area contributed by atoms with Crippen LogP contribution in [0.2, 0.25) is 0 Å². The first-order chi connectivity index (χ1) is 13.7. The Hall–Kier alpha value is -3.85. The van der Waals surface area contributed by atoms with Crippen LogP contribution in [0, 0.1) is 0 Å². The molecule has 0 aliphatic carbocycles. The summed E-state index contributed by atoms with van der Waals surface area (Å²) >= 11 is 1.18. The van der Waals surface area contributed by atoms with Gasteiger partial charge in [0, 0.05) is 28.2 Å². The number of carbonyl (C=O) groups is 2. The Balaban J connectivity index is 1.36. The summed E-state index contributed by atoms with van der Waals surface area (Å²) in [6.07, 6.45) is 3.25. The van der Waals surface area contributed by atoms with Crippen molar-refractivity contribution in [1.29, 1.82) is 0 Å². The molecular formula is C19H14N6O2S. The Bertz CT molecular complexity index is 1170. The zero-order chi connectivity index (χ0) is 19.3. The van der Waals surface area contributed by atoms with Gasteiger partial charge in [0.25, 0.3) is 0 Å². The maximum atomic E-state index is 12.0. The van der Waals surface area contributed by atoms with Crippen LogP contribution in [-0.4, -0.2) is 33.2 Å². The molecule has 0 spiro atoms. The van der Waals surface area contributed by atoms with Gasteiger partial charge < -0.3 is 4.98 Å². The van der Waals surface area contributed by atoms with E-state index in [1.54, 1.807) is 6.20 Å². The van der Waals surface area contributed by atoms with E-state index in [1.165, 1.54) is 17.6 Å². The quantitative estimate of drug-likeness (QED) is 0.282. The molecule has 0 atom stereocenters. The average molecular weight is 390 g/mol.